The standard InChI is InChI=1S/C24H22N2O.C3H7NO.C2H7N/c1-25-15-17(19-8-2-4-10-21(19)25)14-18(16-27)24-20-9-3-5-11-22(20)26-13-7-6-12-23(24)26;1-3(5)4-2;1-2-3/h2-5,8-11,14-16H,6-7,12-13H2,1H3;1-2H3,(H,4,5);2-3H2,1H3/b18-14-;;. The molecule has 0 aliphatic carbocycles. The first-order chi connectivity index (χ1) is 17.0. The number of rotatable bonds is 3. The number of fused-ring (bicyclic) bond motifs is 4. The smallest absolute Gasteiger partial charge is 0.216 e. The number of nitrogens with zero attached hydrogens (tertiary/aromatic N) is 2. The summed E-state index contributed by atoms with van der Waals surface area (Å²) in [5.41, 5.74) is 11.6. The van der Waals surface area contributed by atoms with Crippen molar-refractivity contribution in [1.82, 2.24) is 14.5 Å². The van der Waals surface area contributed by atoms with Crippen LogP contribution in [-0.2, 0) is 29.6 Å². The van der Waals surface area contributed by atoms with Gasteiger partial charge in [0.15, 0.2) is 6.29 Å². The van der Waals surface area contributed by atoms with E-state index in [0.717, 1.165) is 42.5 Å². The van der Waals surface area contributed by atoms with E-state index in [-0.39, 0.29) is 5.91 Å². The number of nitrogens with two attached hydrogens (primary N) is 1. The van der Waals surface area contributed by atoms with Gasteiger partial charge in [0.2, 0.25) is 5.91 Å². The second-order valence-corrected chi connectivity index (χ2v) is 8.59. The van der Waals surface area contributed by atoms with Crippen LogP contribution >= 0.6 is 0 Å². The predicted molar refractivity (Wildman–Crippen MR) is 146 cm³/mol. The molecule has 1 aliphatic heterocycles. The summed E-state index contributed by atoms with van der Waals surface area (Å²) in [6.07, 6.45) is 8.62. The maximum atomic E-state index is 12.2. The molecular formula is C29H36N4O2. The van der Waals surface area contributed by atoms with E-state index in [9.17, 15) is 9.59 Å². The van der Waals surface area contributed by atoms with E-state index in [1.165, 1.54) is 47.3 Å². The van der Waals surface area contributed by atoms with Gasteiger partial charge in [-0.25, -0.2) is 0 Å². The molecule has 2 aromatic heterocycles. The molecular weight excluding hydrogens is 436 g/mol. The van der Waals surface area contributed by atoms with Crippen molar-refractivity contribution in [2.24, 2.45) is 12.8 Å². The molecule has 5 rings (SSSR count). The third-order valence-corrected chi connectivity index (χ3v) is 6.13. The van der Waals surface area contributed by atoms with Gasteiger partial charge >= 0.3 is 0 Å². The lowest BCUT2D eigenvalue weighted by Gasteiger charge is -2.17. The van der Waals surface area contributed by atoms with Crippen LogP contribution < -0.4 is 11.1 Å². The quantitative estimate of drug-likeness (QED) is 0.328. The SMILES string of the molecule is CCN.CNC(C)=O.Cn1cc(/C=C(/C=O)c2c3n(c4ccccc24)CCCC3)c2ccccc21. The van der Waals surface area contributed by atoms with Crippen LogP contribution in [0.25, 0.3) is 33.5 Å². The molecule has 6 nitrogen and oxygen atoms in total. The normalized spacial score (nSPS) is 12.8. The van der Waals surface area contributed by atoms with E-state index in [1.54, 1.807) is 7.05 Å². The van der Waals surface area contributed by atoms with Crippen LogP contribution in [-0.4, -0.2) is 34.9 Å². The molecule has 2 aromatic carbocycles. The number of para-hydroxylation sites is 2. The zero-order valence-corrected chi connectivity index (χ0v) is 21.2. The van der Waals surface area contributed by atoms with E-state index in [4.69, 9.17) is 5.73 Å². The van der Waals surface area contributed by atoms with Gasteiger partial charge < -0.3 is 20.2 Å². The van der Waals surface area contributed by atoms with Gasteiger partial charge in [-0.15, -0.1) is 0 Å². The minimum Gasteiger partial charge on any atom is -0.359 e. The Morgan fingerprint density at radius 2 is 1.66 bits per heavy atom. The van der Waals surface area contributed by atoms with Crippen LogP contribution in [0.1, 0.15) is 43.5 Å². The zero-order valence-electron chi connectivity index (χ0n) is 21.2. The molecule has 1 amide bonds. The van der Waals surface area contributed by atoms with Gasteiger partial charge in [-0.1, -0.05) is 43.3 Å². The fourth-order valence-electron chi connectivity index (χ4n) is 4.58. The van der Waals surface area contributed by atoms with E-state index >= 15 is 0 Å². The summed E-state index contributed by atoms with van der Waals surface area (Å²) in [4.78, 5) is 21.9. The van der Waals surface area contributed by atoms with Crippen LogP contribution in [0.4, 0.5) is 0 Å². The summed E-state index contributed by atoms with van der Waals surface area (Å²) in [6, 6.07) is 16.8. The van der Waals surface area contributed by atoms with Crippen molar-refractivity contribution in [2.45, 2.75) is 39.7 Å². The number of hydrogen-bond donors (Lipinski definition) is 2. The molecule has 35 heavy (non-hydrogen) atoms. The molecule has 0 unspecified atom stereocenters. The number of carbonyl (C=O) groups is 2. The number of aryl methyl sites for hydroxylation is 2. The van der Waals surface area contributed by atoms with Gasteiger partial charge in [0.05, 0.1) is 0 Å². The maximum Gasteiger partial charge on any atom is 0.216 e. The predicted octanol–water partition coefficient (Wildman–Crippen LogP) is 4.93. The van der Waals surface area contributed by atoms with Crippen LogP contribution in [0.5, 0.6) is 0 Å². The monoisotopic (exact) mass is 472 g/mol. The Bertz CT molecular complexity index is 1340. The van der Waals surface area contributed by atoms with E-state index in [2.05, 4.69) is 76.2 Å². The lowest BCUT2D eigenvalue weighted by Crippen LogP contribution is -2.11. The Hall–Kier alpha value is -3.64. The first-order valence-corrected chi connectivity index (χ1v) is 12.2. The number of aldehydes is 1. The average molecular weight is 473 g/mol. The van der Waals surface area contributed by atoms with Gasteiger partial charge in [-0.05, 0) is 44.0 Å². The molecule has 0 bridgehead atoms. The van der Waals surface area contributed by atoms with Crippen molar-refractivity contribution in [3.8, 4) is 0 Å². The molecule has 0 spiro atoms. The van der Waals surface area contributed by atoms with E-state index in [0.29, 0.717) is 0 Å². The van der Waals surface area contributed by atoms with Gasteiger partial charge in [0.1, 0.15) is 0 Å². The number of nitrogens with one attached hydrogen (secondary N) is 1. The van der Waals surface area contributed by atoms with Crippen LogP contribution in [0.3, 0.4) is 0 Å². The molecule has 3 N–H and O–H groups in total. The van der Waals surface area contributed by atoms with E-state index in [1.807, 2.05) is 13.0 Å². The summed E-state index contributed by atoms with van der Waals surface area (Å²) in [5, 5.41) is 4.75. The topological polar surface area (TPSA) is 82.1 Å². The van der Waals surface area contributed by atoms with Crippen molar-refractivity contribution < 1.29 is 9.59 Å². The van der Waals surface area contributed by atoms with Gasteiger partial charge in [-0.3, -0.25) is 9.59 Å². The summed E-state index contributed by atoms with van der Waals surface area (Å²) >= 11 is 0. The van der Waals surface area contributed by atoms with Gasteiger partial charge in [0, 0.05) is 78.0 Å². The Labute approximate surface area is 207 Å². The minimum atomic E-state index is 0.00463. The molecule has 6 heteroatoms. The van der Waals surface area contributed by atoms with Crippen LogP contribution in [0, 0.1) is 0 Å². The van der Waals surface area contributed by atoms with Gasteiger partial charge in [0.25, 0.3) is 0 Å². The number of allylic oxidation sites excluding steroid dienone is 1. The third kappa shape index (κ3) is 5.72. The van der Waals surface area contributed by atoms with E-state index < -0.39 is 0 Å². The highest BCUT2D eigenvalue weighted by Gasteiger charge is 2.22. The van der Waals surface area contributed by atoms with Crippen LogP contribution in [0.15, 0.2) is 54.7 Å². The van der Waals surface area contributed by atoms with Crippen molar-refractivity contribution >= 4 is 45.6 Å². The van der Waals surface area contributed by atoms with Crippen molar-refractivity contribution in [2.75, 3.05) is 13.6 Å². The number of aromatic nitrogens is 2. The van der Waals surface area contributed by atoms with Crippen molar-refractivity contribution in [3.63, 3.8) is 0 Å². The molecule has 3 heterocycles. The van der Waals surface area contributed by atoms with Crippen molar-refractivity contribution in [3.05, 3.63) is 71.5 Å². The average Bonchev–Trinajstić information content (AvgIpc) is 3.38. The molecule has 4 aromatic rings. The summed E-state index contributed by atoms with van der Waals surface area (Å²) < 4.78 is 4.53. The Morgan fingerprint density at radius 1 is 1.06 bits per heavy atom. The Morgan fingerprint density at radius 3 is 2.29 bits per heavy atom. The molecule has 0 radical (unpaired) electrons. The second kappa shape index (κ2) is 12.2. The minimum absolute atomic E-state index is 0.00463. The number of hydrogen-bond acceptors (Lipinski definition) is 3. The number of amides is 1. The summed E-state index contributed by atoms with van der Waals surface area (Å²) in [5.74, 6) is 0.00463. The zero-order chi connectivity index (χ0) is 25.4. The number of carbonyl (C=O) groups excluding carboxylic acids is 2. The molecule has 0 saturated carbocycles. The molecule has 184 valence electrons. The highest BCUT2D eigenvalue weighted by Crippen LogP contribution is 2.36. The second-order valence-electron chi connectivity index (χ2n) is 8.59. The summed E-state index contributed by atoms with van der Waals surface area (Å²) in [7, 11) is 3.65. The van der Waals surface area contributed by atoms with Gasteiger partial charge in [-0.2, -0.15) is 0 Å². The Balaban J connectivity index is 0.000000377. The fourth-order valence-corrected chi connectivity index (χ4v) is 4.58. The number of benzene rings is 2. The molecule has 0 saturated heterocycles. The molecule has 0 fully saturated rings. The van der Waals surface area contributed by atoms with Crippen LogP contribution in [0.2, 0.25) is 0 Å². The first-order valence-electron chi connectivity index (χ1n) is 12.2. The fraction of sp³-hybridized carbons (Fsp3) is 0.310. The Kier molecular flexibility index (Phi) is 9.04. The lowest BCUT2D eigenvalue weighted by atomic mass is 9.97. The largest absolute Gasteiger partial charge is 0.359 e. The highest BCUT2D eigenvalue weighted by molar-refractivity contribution is 6.19. The highest BCUT2D eigenvalue weighted by atomic mass is 16.1. The lowest BCUT2D eigenvalue weighted by molar-refractivity contribution is -0.118. The molecule has 0 atom stereocenters. The first kappa shape index (κ1) is 26.0. The summed E-state index contributed by atoms with van der Waals surface area (Å²) in [6.45, 7) is 5.16. The third-order valence-electron chi connectivity index (χ3n) is 6.13. The molecule has 1 aliphatic rings. The van der Waals surface area contributed by atoms with Crippen molar-refractivity contribution in [1.29, 1.82) is 0 Å². The maximum absolute atomic E-state index is 12.2.